The predicted octanol–water partition coefficient (Wildman–Crippen LogP) is 0.972. The van der Waals surface area contributed by atoms with Crippen LogP contribution in [0.5, 0.6) is 0 Å². The molecule has 0 spiro atoms. The molecule has 0 N–H and O–H groups in total. The van der Waals surface area contributed by atoms with Gasteiger partial charge in [-0.2, -0.15) is 0 Å². The van der Waals surface area contributed by atoms with E-state index < -0.39 is 0 Å². The SMILES string of the molecule is O=C1[C@@H]2[C@@H](C(=O)N1C[C@@H]1CCCO1)[C@H]1C=C[C@H]2C1. The van der Waals surface area contributed by atoms with E-state index in [4.69, 9.17) is 4.74 Å². The maximum atomic E-state index is 12.4. The van der Waals surface area contributed by atoms with E-state index in [0.29, 0.717) is 18.4 Å². The molecule has 2 amide bonds. The number of ether oxygens (including phenoxy) is 1. The first-order chi connectivity index (χ1) is 8.75. The highest BCUT2D eigenvalue weighted by Gasteiger charge is 2.59. The van der Waals surface area contributed by atoms with E-state index in [9.17, 15) is 9.59 Å². The number of allylic oxidation sites excluding steroid dienone is 2. The molecule has 4 nitrogen and oxygen atoms in total. The van der Waals surface area contributed by atoms with Crippen molar-refractivity contribution in [1.82, 2.24) is 4.90 Å². The second-order valence-electron chi connectivity index (χ2n) is 5.92. The average Bonchev–Trinajstić information content (AvgIpc) is 3.10. The number of fused-ring (bicyclic) bond motifs is 5. The van der Waals surface area contributed by atoms with Crippen LogP contribution < -0.4 is 0 Å². The van der Waals surface area contributed by atoms with E-state index in [1.54, 1.807) is 0 Å². The Morgan fingerprint density at radius 2 is 1.83 bits per heavy atom. The maximum absolute atomic E-state index is 12.4. The number of carbonyl (C=O) groups excluding carboxylic acids is 2. The van der Waals surface area contributed by atoms with Gasteiger partial charge in [-0.15, -0.1) is 0 Å². The Balaban J connectivity index is 1.56. The fraction of sp³-hybridized carbons (Fsp3) is 0.714. The summed E-state index contributed by atoms with van der Waals surface area (Å²) in [6, 6.07) is 0. The van der Waals surface area contributed by atoms with Crippen molar-refractivity contribution < 1.29 is 14.3 Å². The molecule has 2 aliphatic heterocycles. The first-order valence-corrected chi connectivity index (χ1v) is 6.91. The molecule has 3 fully saturated rings. The van der Waals surface area contributed by atoms with Gasteiger partial charge in [0.25, 0.3) is 0 Å². The second-order valence-corrected chi connectivity index (χ2v) is 5.92. The standard InChI is InChI=1S/C14H17NO3/c16-13-11-8-3-4-9(6-8)12(11)14(17)15(13)7-10-2-1-5-18-10/h3-4,8-12H,1-2,5-7H2/t8-,9-,10-,11-,12-/m0/s1. The molecular weight excluding hydrogens is 230 g/mol. The molecule has 0 aromatic rings. The molecule has 4 heteroatoms. The fourth-order valence-corrected chi connectivity index (χ4v) is 4.14. The molecule has 0 unspecified atom stereocenters. The molecule has 0 aromatic carbocycles. The van der Waals surface area contributed by atoms with Crippen molar-refractivity contribution in [2.45, 2.75) is 25.4 Å². The highest BCUT2D eigenvalue weighted by Crippen LogP contribution is 2.52. The van der Waals surface area contributed by atoms with Gasteiger partial charge >= 0.3 is 0 Å². The summed E-state index contributed by atoms with van der Waals surface area (Å²) in [5, 5.41) is 0. The van der Waals surface area contributed by atoms with Gasteiger partial charge in [-0.25, -0.2) is 0 Å². The third-order valence-corrected chi connectivity index (χ3v) is 4.97. The monoisotopic (exact) mass is 247 g/mol. The van der Waals surface area contributed by atoms with Gasteiger partial charge in [-0.3, -0.25) is 14.5 Å². The van der Waals surface area contributed by atoms with Crippen LogP contribution in [-0.4, -0.2) is 36.0 Å². The Morgan fingerprint density at radius 3 is 2.39 bits per heavy atom. The van der Waals surface area contributed by atoms with Crippen molar-refractivity contribution in [1.29, 1.82) is 0 Å². The van der Waals surface area contributed by atoms with Crippen LogP contribution in [0.1, 0.15) is 19.3 Å². The Bertz CT molecular complexity index is 408. The minimum absolute atomic E-state index is 0.0531. The summed E-state index contributed by atoms with van der Waals surface area (Å²) < 4.78 is 5.54. The molecule has 5 atom stereocenters. The van der Waals surface area contributed by atoms with Crippen molar-refractivity contribution >= 4 is 11.8 Å². The molecule has 2 aliphatic carbocycles. The number of likely N-dealkylation sites (tertiary alicyclic amines) is 1. The molecular formula is C14H17NO3. The Hall–Kier alpha value is -1.16. The van der Waals surface area contributed by atoms with Crippen molar-refractivity contribution in [2.75, 3.05) is 13.2 Å². The quantitative estimate of drug-likeness (QED) is 0.539. The summed E-state index contributed by atoms with van der Waals surface area (Å²) >= 11 is 0. The molecule has 4 rings (SSSR count). The van der Waals surface area contributed by atoms with E-state index >= 15 is 0 Å². The molecule has 18 heavy (non-hydrogen) atoms. The van der Waals surface area contributed by atoms with Crippen LogP contribution in [0.15, 0.2) is 12.2 Å². The summed E-state index contributed by atoms with van der Waals surface area (Å²) in [5.41, 5.74) is 0. The lowest BCUT2D eigenvalue weighted by Crippen LogP contribution is -2.38. The number of imide groups is 1. The molecule has 2 saturated heterocycles. The van der Waals surface area contributed by atoms with Gasteiger partial charge in [-0.1, -0.05) is 12.2 Å². The lowest BCUT2D eigenvalue weighted by Gasteiger charge is -2.20. The van der Waals surface area contributed by atoms with Crippen LogP contribution in [0.3, 0.4) is 0 Å². The van der Waals surface area contributed by atoms with Crippen LogP contribution in [-0.2, 0) is 14.3 Å². The van der Waals surface area contributed by atoms with Gasteiger partial charge < -0.3 is 4.74 Å². The largest absolute Gasteiger partial charge is 0.376 e. The number of rotatable bonds is 2. The summed E-state index contributed by atoms with van der Waals surface area (Å²) in [5.74, 6) is 0.606. The average molecular weight is 247 g/mol. The van der Waals surface area contributed by atoms with Gasteiger partial charge in [-0.05, 0) is 31.1 Å². The molecule has 0 radical (unpaired) electrons. The molecule has 2 bridgehead atoms. The molecule has 0 aromatic heterocycles. The van der Waals surface area contributed by atoms with Gasteiger partial charge in [0, 0.05) is 6.61 Å². The predicted molar refractivity (Wildman–Crippen MR) is 63.4 cm³/mol. The first kappa shape index (κ1) is 10.7. The van der Waals surface area contributed by atoms with E-state index in [1.165, 1.54) is 4.90 Å². The van der Waals surface area contributed by atoms with Crippen LogP contribution in [0.25, 0.3) is 0 Å². The highest BCUT2D eigenvalue weighted by molar-refractivity contribution is 6.06. The number of hydrogen-bond acceptors (Lipinski definition) is 3. The van der Waals surface area contributed by atoms with Crippen LogP contribution in [0.4, 0.5) is 0 Å². The lowest BCUT2D eigenvalue weighted by atomic mass is 9.85. The maximum Gasteiger partial charge on any atom is 0.233 e. The highest BCUT2D eigenvalue weighted by atomic mass is 16.5. The Labute approximate surface area is 106 Å². The van der Waals surface area contributed by atoms with Gasteiger partial charge in [0.1, 0.15) is 0 Å². The summed E-state index contributed by atoms with van der Waals surface area (Å²) in [6.45, 7) is 1.24. The van der Waals surface area contributed by atoms with E-state index in [0.717, 1.165) is 25.9 Å². The van der Waals surface area contributed by atoms with Crippen molar-refractivity contribution in [3.05, 3.63) is 12.2 Å². The van der Waals surface area contributed by atoms with Crippen LogP contribution >= 0.6 is 0 Å². The van der Waals surface area contributed by atoms with Crippen LogP contribution in [0.2, 0.25) is 0 Å². The summed E-state index contributed by atoms with van der Waals surface area (Å²) in [4.78, 5) is 26.3. The van der Waals surface area contributed by atoms with E-state index in [2.05, 4.69) is 12.2 Å². The zero-order valence-corrected chi connectivity index (χ0v) is 10.2. The normalized spacial score (nSPS) is 45.3. The molecule has 96 valence electrons. The lowest BCUT2D eigenvalue weighted by molar-refractivity contribution is -0.142. The van der Waals surface area contributed by atoms with E-state index in [1.807, 2.05) is 0 Å². The Kier molecular flexibility index (Phi) is 2.19. The molecule has 4 aliphatic rings. The summed E-state index contributed by atoms with van der Waals surface area (Å²) in [6.07, 6.45) is 7.35. The second kappa shape index (κ2) is 3.67. The molecule has 2 heterocycles. The van der Waals surface area contributed by atoms with Crippen molar-refractivity contribution in [3.63, 3.8) is 0 Å². The molecule has 1 saturated carbocycles. The van der Waals surface area contributed by atoms with Crippen molar-refractivity contribution in [3.8, 4) is 0 Å². The smallest absolute Gasteiger partial charge is 0.233 e. The fourth-order valence-electron chi connectivity index (χ4n) is 4.14. The minimum Gasteiger partial charge on any atom is -0.376 e. The topological polar surface area (TPSA) is 46.6 Å². The van der Waals surface area contributed by atoms with Gasteiger partial charge in [0.2, 0.25) is 11.8 Å². The third-order valence-electron chi connectivity index (χ3n) is 4.97. The van der Waals surface area contributed by atoms with Crippen LogP contribution in [0, 0.1) is 23.7 Å². The van der Waals surface area contributed by atoms with Gasteiger partial charge in [0.15, 0.2) is 0 Å². The Morgan fingerprint density at radius 1 is 1.17 bits per heavy atom. The number of hydrogen-bond donors (Lipinski definition) is 0. The number of amides is 2. The van der Waals surface area contributed by atoms with Crippen molar-refractivity contribution in [2.24, 2.45) is 23.7 Å². The van der Waals surface area contributed by atoms with Gasteiger partial charge in [0.05, 0.1) is 24.5 Å². The first-order valence-electron chi connectivity index (χ1n) is 6.91. The minimum atomic E-state index is -0.0612. The zero-order chi connectivity index (χ0) is 12.3. The third kappa shape index (κ3) is 1.30. The zero-order valence-electron chi connectivity index (χ0n) is 10.2. The number of nitrogens with zero attached hydrogens (tertiary/aromatic N) is 1. The van der Waals surface area contributed by atoms with E-state index in [-0.39, 0.29) is 29.8 Å². The number of carbonyl (C=O) groups is 2. The summed E-state index contributed by atoms with van der Waals surface area (Å²) in [7, 11) is 0.